The predicted octanol–water partition coefficient (Wildman–Crippen LogP) is 7.85. The molecule has 0 aromatic carbocycles. The van der Waals surface area contributed by atoms with Crippen molar-refractivity contribution in [2.45, 2.75) is 142 Å². The predicted molar refractivity (Wildman–Crippen MR) is 127 cm³/mol. The molecule has 0 aromatic rings. The lowest BCUT2D eigenvalue weighted by Gasteiger charge is -2.34. The van der Waals surface area contributed by atoms with Crippen molar-refractivity contribution in [1.29, 1.82) is 0 Å². The number of esters is 1. The Hall–Kier alpha value is -1.03. The Morgan fingerprint density at radius 2 is 1.55 bits per heavy atom. The van der Waals surface area contributed by atoms with E-state index in [9.17, 15) is 4.79 Å². The first-order valence-electron chi connectivity index (χ1n) is 13.4. The number of cyclic esters (lactones) is 1. The number of unbranched alkanes of at least 4 members (excludes halogenated alkanes) is 11. The summed E-state index contributed by atoms with van der Waals surface area (Å²) in [7, 11) is 0. The molecule has 2 fully saturated rings. The number of hydrogen-bond acceptors (Lipinski definition) is 4. The molecule has 2 saturated heterocycles. The van der Waals surface area contributed by atoms with Crippen LogP contribution in [0.15, 0.2) is 11.8 Å². The van der Waals surface area contributed by atoms with Gasteiger partial charge in [-0.15, -0.1) is 0 Å². The second kappa shape index (κ2) is 16.6. The highest BCUT2D eigenvalue weighted by atomic mass is 16.7. The smallest absolute Gasteiger partial charge is 0.313 e. The molecule has 0 radical (unpaired) electrons. The Bertz CT molecular complexity index is 495. The van der Waals surface area contributed by atoms with E-state index in [1.807, 2.05) is 0 Å². The van der Waals surface area contributed by atoms with E-state index in [0.717, 1.165) is 57.3 Å². The van der Waals surface area contributed by atoms with Crippen molar-refractivity contribution >= 4 is 5.97 Å². The topological polar surface area (TPSA) is 44.8 Å². The van der Waals surface area contributed by atoms with Crippen LogP contribution in [0.3, 0.4) is 0 Å². The molecule has 2 rings (SSSR count). The number of hydrogen-bond donors (Lipinski definition) is 0. The fourth-order valence-electron chi connectivity index (χ4n) is 4.54. The van der Waals surface area contributed by atoms with Crippen LogP contribution in [0.25, 0.3) is 0 Å². The van der Waals surface area contributed by atoms with Gasteiger partial charge in [0.1, 0.15) is 6.10 Å². The van der Waals surface area contributed by atoms with E-state index in [4.69, 9.17) is 14.2 Å². The first-order valence-corrected chi connectivity index (χ1v) is 13.4. The molecule has 0 amide bonds. The van der Waals surface area contributed by atoms with Crippen LogP contribution >= 0.6 is 0 Å². The second-order valence-corrected chi connectivity index (χ2v) is 9.48. The van der Waals surface area contributed by atoms with Crippen molar-refractivity contribution < 1.29 is 19.0 Å². The molecule has 4 heteroatoms. The lowest BCUT2D eigenvalue weighted by Crippen LogP contribution is -2.44. The fraction of sp³-hybridized carbons (Fsp3) is 0.889. The van der Waals surface area contributed by atoms with Gasteiger partial charge < -0.3 is 14.2 Å². The zero-order chi connectivity index (χ0) is 22.2. The van der Waals surface area contributed by atoms with Crippen molar-refractivity contribution in [3.63, 3.8) is 0 Å². The van der Waals surface area contributed by atoms with Crippen molar-refractivity contribution in [3.8, 4) is 0 Å². The molecule has 0 bridgehead atoms. The normalized spacial score (nSPS) is 24.0. The summed E-state index contributed by atoms with van der Waals surface area (Å²) in [6.45, 7) is 5.27. The Balaban J connectivity index is 1.75. The van der Waals surface area contributed by atoms with E-state index in [1.54, 1.807) is 0 Å². The molecule has 2 heterocycles. The number of ether oxygens (including phenoxy) is 3. The van der Waals surface area contributed by atoms with E-state index in [1.165, 1.54) is 70.6 Å². The molecule has 3 unspecified atom stereocenters. The van der Waals surface area contributed by atoms with Crippen LogP contribution in [0, 0.1) is 5.92 Å². The monoisotopic (exact) mass is 436 g/mol. The van der Waals surface area contributed by atoms with Gasteiger partial charge in [0.05, 0.1) is 18.3 Å². The standard InChI is InChI=1S/C27H48O4/c1-3-5-7-9-10-11-12-13-14-18-23(30-26-20-16-17-21-29-26)22-25-24(27(28)31-25)19-15-8-6-4-2/h22,24-26H,3-21H2,1-2H3. The van der Waals surface area contributed by atoms with Gasteiger partial charge in [0.25, 0.3) is 0 Å². The van der Waals surface area contributed by atoms with Gasteiger partial charge in [0, 0.05) is 12.8 Å². The van der Waals surface area contributed by atoms with Crippen LogP contribution < -0.4 is 0 Å². The van der Waals surface area contributed by atoms with E-state index < -0.39 is 0 Å². The quantitative estimate of drug-likeness (QED) is 0.125. The van der Waals surface area contributed by atoms with Crippen LogP contribution in [0.1, 0.15) is 129 Å². The molecule has 0 aromatic heterocycles. The number of rotatable bonds is 18. The van der Waals surface area contributed by atoms with Crippen LogP contribution in [-0.2, 0) is 19.0 Å². The van der Waals surface area contributed by atoms with Crippen molar-refractivity contribution in [3.05, 3.63) is 11.8 Å². The molecule has 0 spiro atoms. The van der Waals surface area contributed by atoms with E-state index in [2.05, 4.69) is 19.9 Å². The molecule has 0 saturated carbocycles. The zero-order valence-corrected chi connectivity index (χ0v) is 20.4. The summed E-state index contributed by atoms with van der Waals surface area (Å²) in [5.41, 5.74) is 0. The van der Waals surface area contributed by atoms with Gasteiger partial charge in [-0.1, -0.05) is 90.9 Å². The highest BCUT2D eigenvalue weighted by Gasteiger charge is 2.40. The molecule has 0 aliphatic carbocycles. The van der Waals surface area contributed by atoms with Crippen LogP contribution in [0.2, 0.25) is 0 Å². The fourth-order valence-corrected chi connectivity index (χ4v) is 4.54. The van der Waals surface area contributed by atoms with E-state index in [0.29, 0.717) is 0 Å². The minimum Gasteiger partial charge on any atom is -0.469 e. The minimum absolute atomic E-state index is 0.0193. The summed E-state index contributed by atoms with van der Waals surface area (Å²) in [5, 5.41) is 0. The Morgan fingerprint density at radius 1 is 0.903 bits per heavy atom. The average Bonchev–Trinajstić information content (AvgIpc) is 2.78. The molecular formula is C27H48O4. The van der Waals surface area contributed by atoms with E-state index >= 15 is 0 Å². The summed E-state index contributed by atoms with van der Waals surface area (Å²) >= 11 is 0. The van der Waals surface area contributed by atoms with Crippen molar-refractivity contribution in [1.82, 2.24) is 0 Å². The summed E-state index contributed by atoms with van der Waals surface area (Å²) in [4.78, 5) is 12.0. The molecule has 0 N–H and O–H groups in total. The maximum atomic E-state index is 12.0. The third kappa shape index (κ3) is 10.9. The molecule has 4 nitrogen and oxygen atoms in total. The average molecular weight is 437 g/mol. The molecule has 31 heavy (non-hydrogen) atoms. The number of allylic oxidation sites excluding steroid dienone is 1. The van der Waals surface area contributed by atoms with Gasteiger partial charge in [-0.3, -0.25) is 4.79 Å². The van der Waals surface area contributed by atoms with Gasteiger partial charge in [-0.05, 0) is 31.8 Å². The zero-order valence-electron chi connectivity index (χ0n) is 20.4. The van der Waals surface area contributed by atoms with E-state index in [-0.39, 0.29) is 24.3 Å². The molecule has 2 aliphatic heterocycles. The van der Waals surface area contributed by atoms with Gasteiger partial charge in [0.2, 0.25) is 0 Å². The van der Waals surface area contributed by atoms with Crippen LogP contribution in [-0.4, -0.2) is 25.0 Å². The third-order valence-corrected chi connectivity index (χ3v) is 6.62. The maximum Gasteiger partial charge on any atom is 0.313 e. The number of carbonyl (C=O) groups excluding carboxylic acids is 1. The summed E-state index contributed by atoms with van der Waals surface area (Å²) in [6.07, 6.45) is 23.6. The Labute approximate surface area is 191 Å². The lowest BCUT2D eigenvalue weighted by molar-refractivity contribution is -0.179. The summed E-state index contributed by atoms with van der Waals surface area (Å²) in [6, 6.07) is 0. The Morgan fingerprint density at radius 3 is 2.16 bits per heavy atom. The highest BCUT2D eigenvalue weighted by molar-refractivity contribution is 5.79. The van der Waals surface area contributed by atoms with Gasteiger partial charge in [-0.25, -0.2) is 0 Å². The highest BCUT2D eigenvalue weighted by Crippen LogP contribution is 2.31. The van der Waals surface area contributed by atoms with Crippen LogP contribution in [0.4, 0.5) is 0 Å². The maximum absolute atomic E-state index is 12.0. The second-order valence-electron chi connectivity index (χ2n) is 9.48. The SMILES string of the molecule is CCCCCCCCCCCC(=CC1OC(=O)C1CCCCCC)OC1CCCCO1. The van der Waals surface area contributed by atoms with Crippen molar-refractivity contribution in [2.24, 2.45) is 5.92 Å². The molecule has 2 aliphatic rings. The summed E-state index contributed by atoms with van der Waals surface area (Å²) < 4.78 is 17.5. The lowest BCUT2D eigenvalue weighted by atomic mass is 9.90. The largest absolute Gasteiger partial charge is 0.469 e. The molecular weight excluding hydrogens is 388 g/mol. The minimum atomic E-state index is -0.127. The molecule has 180 valence electrons. The van der Waals surface area contributed by atoms with Gasteiger partial charge in [-0.2, -0.15) is 0 Å². The first-order chi connectivity index (χ1) is 15.2. The Kier molecular flexibility index (Phi) is 14.0. The van der Waals surface area contributed by atoms with Crippen molar-refractivity contribution in [2.75, 3.05) is 6.61 Å². The first kappa shape index (κ1) is 26.2. The van der Waals surface area contributed by atoms with Gasteiger partial charge in [0.15, 0.2) is 6.29 Å². The van der Waals surface area contributed by atoms with Gasteiger partial charge >= 0.3 is 5.97 Å². The third-order valence-electron chi connectivity index (χ3n) is 6.62. The van der Waals surface area contributed by atoms with Crippen LogP contribution in [0.5, 0.6) is 0 Å². The number of carbonyl (C=O) groups is 1. The summed E-state index contributed by atoms with van der Waals surface area (Å²) in [5.74, 6) is 0.964. The molecule has 3 atom stereocenters.